The van der Waals surface area contributed by atoms with Gasteiger partial charge in [0.2, 0.25) is 5.91 Å². The number of halogens is 3. The SMILES string of the molecule is Cc1cc(C(F)(F)F)nc(C2CCCN2C(=O)CO)n1. The number of carbonyl (C=O) groups excluding carboxylic acids is 1. The third kappa shape index (κ3) is 2.90. The average molecular weight is 289 g/mol. The van der Waals surface area contributed by atoms with Crippen molar-refractivity contribution in [3.8, 4) is 0 Å². The van der Waals surface area contributed by atoms with E-state index < -0.39 is 30.4 Å². The number of carbonyl (C=O) groups is 1. The molecule has 2 heterocycles. The first-order valence-electron chi connectivity index (χ1n) is 6.16. The van der Waals surface area contributed by atoms with Gasteiger partial charge in [0.1, 0.15) is 12.3 Å². The van der Waals surface area contributed by atoms with E-state index >= 15 is 0 Å². The molecule has 1 aromatic heterocycles. The van der Waals surface area contributed by atoms with Crippen LogP contribution >= 0.6 is 0 Å². The maximum atomic E-state index is 12.7. The van der Waals surface area contributed by atoms with Gasteiger partial charge in [-0.1, -0.05) is 0 Å². The molecule has 1 N–H and O–H groups in total. The van der Waals surface area contributed by atoms with E-state index in [9.17, 15) is 18.0 Å². The number of likely N-dealkylation sites (tertiary alicyclic amines) is 1. The Morgan fingerprint density at radius 1 is 1.50 bits per heavy atom. The Bertz CT molecular complexity index is 519. The van der Waals surface area contributed by atoms with E-state index in [2.05, 4.69) is 9.97 Å². The average Bonchev–Trinajstić information content (AvgIpc) is 2.85. The molecule has 110 valence electrons. The minimum Gasteiger partial charge on any atom is -0.387 e. The van der Waals surface area contributed by atoms with Gasteiger partial charge in [0.15, 0.2) is 5.82 Å². The highest BCUT2D eigenvalue weighted by atomic mass is 19.4. The van der Waals surface area contributed by atoms with Crippen LogP contribution in [-0.4, -0.2) is 39.0 Å². The van der Waals surface area contributed by atoms with Crippen molar-refractivity contribution < 1.29 is 23.1 Å². The van der Waals surface area contributed by atoms with Gasteiger partial charge in [-0.15, -0.1) is 0 Å². The van der Waals surface area contributed by atoms with Gasteiger partial charge in [-0.25, -0.2) is 9.97 Å². The number of nitrogens with zero attached hydrogens (tertiary/aromatic N) is 3. The van der Waals surface area contributed by atoms with Crippen LogP contribution in [0.3, 0.4) is 0 Å². The molecule has 20 heavy (non-hydrogen) atoms. The first-order chi connectivity index (χ1) is 9.32. The lowest BCUT2D eigenvalue weighted by molar-refractivity contribution is -0.141. The summed E-state index contributed by atoms with van der Waals surface area (Å²) in [6.07, 6.45) is -3.41. The van der Waals surface area contributed by atoms with Gasteiger partial charge in [0, 0.05) is 12.2 Å². The maximum Gasteiger partial charge on any atom is 0.433 e. The third-order valence-corrected chi connectivity index (χ3v) is 3.17. The zero-order valence-corrected chi connectivity index (χ0v) is 10.8. The van der Waals surface area contributed by atoms with Crippen molar-refractivity contribution in [1.82, 2.24) is 14.9 Å². The van der Waals surface area contributed by atoms with Crippen LogP contribution in [0.4, 0.5) is 13.2 Å². The van der Waals surface area contributed by atoms with Crippen molar-refractivity contribution in [2.75, 3.05) is 13.2 Å². The van der Waals surface area contributed by atoms with Gasteiger partial charge >= 0.3 is 6.18 Å². The molecule has 0 radical (unpaired) electrons. The summed E-state index contributed by atoms with van der Waals surface area (Å²) >= 11 is 0. The van der Waals surface area contributed by atoms with Gasteiger partial charge in [-0.2, -0.15) is 13.2 Å². The smallest absolute Gasteiger partial charge is 0.387 e. The summed E-state index contributed by atoms with van der Waals surface area (Å²) in [5, 5.41) is 8.89. The van der Waals surface area contributed by atoms with Crippen LogP contribution in [0.2, 0.25) is 0 Å². The number of aliphatic hydroxyl groups excluding tert-OH is 1. The molecule has 8 heteroatoms. The molecule has 1 aromatic rings. The van der Waals surface area contributed by atoms with Gasteiger partial charge < -0.3 is 10.0 Å². The van der Waals surface area contributed by atoms with E-state index in [0.717, 1.165) is 6.07 Å². The van der Waals surface area contributed by atoms with E-state index in [0.29, 0.717) is 19.4 Å². The van der Waals surface area contributed by atoms with Crippen molar-refractivity contribution in [3.05, 3.63) is 23.3 Å². The van der Waals surface area contributed by atoms with Crippen LogP contribution in [0, 0.1) is 6.92 Å². The standard InChI is InChI=1S/C12H14F3N3O2/c1-7-5-9(12(13,14)15)17-11(16-7)8-3-2-4-18(8)10(20)6-19/h5,8,19H,2-4,6H2,1H3. The summed E-state index contributed by atoms with van der Waals surface area (Å²) in [7, 11) is 0. The molecule has 1 aliphatic rings. The molecule has 0 aliphatic carbocycles. The van der Waals surface area contributed by atoms with Gasteiger partial charge in [0.25, 0.3) is 0 Å². The van der Waals surface area contributed by atoms with E-state index in [1.165, 1.54) is 11.8 Å². The largest absolute Gasteiger partial charge is 0.433 e. The van der Waals surface area contributed by atoms with Crippen molar-refractivity contribution in [2.45, 2.75) is 32.0 Å². The zero-order chi connectivity index (χ0) is 14.9. The maximum absolute atomic E-state index is 12.7. The number of alkyl halides is 3. The van der Waals surface area contributed by atoms with Crippen molar-refractivity contribution in [2.24, 2.45) is 0 Å². The molecule has 1 aliphatic heterocycles. The predicted molar refractivity (Wildman–Crippen MR) is 62.5 cm³/mol. The Morgan fingerprint density at radius 2 is 2.20 bits per heavy atom. The quantitative estimate of drug-likeness (QED) is 0.895. The van der Waals surface area contributed by atoms with Crippen LogP contribution < -0.4 is 0 Å². The van der Waals surface area contributed by atoms with Crippen molar-refractivity contribution >= 4 is 5.91 Å². The number of aliphatic hydroxyl groups is 1. The molecular weight excluding hydrogens is 275 g/mol. The number of amides is 1. The van der Waals surface area contributed by atoms with Crippen LogP contribution in [-0.2, 0) is 11.0 Å². The zero-order valence-electron chi connectivity index (χ0n) is 10.8. The molecule has 0 spiro atoms. The molecule has 0 bridgehead atoms. The fourth-order valence-electron chi connectivity index (χ4n) is 2.31. The van der Waals surface area contributed by atoms with Gasteiger partial charge in [0.05, 0.1) is 6.04 Å². The summed E-state index contributed by atoms with van der Waals surface area (Å²) in [6, 6.07) is 0.270. The lowest BCUT2D eigenvalue weighted by atomic mass is 10.2. The lowest BCUT2D eigenvalue weighted by Gasteiger charge is -2.23. The molecule has 1 amide bonds. The summed E-state index contributed by atoms with van der Waals surface area (Å²) in [5.74, 6) is -0.539. The van der Waals surface area contributed by atoms with Crippen LogP contribution in [0.25, 0.3) is 0 Å². The van der Waals surface area contributed by atoms with Gasteiger partial charge in [-0.3, -0.25) is 4.79 Å². The summed E-state index contributed by atoms with van der Waals surface area (Å²) in [5.41, 5.74) is -0.811. The Balaban J connectivity index is 2.37. The number of hydrogen-bond donors (Lipinski definition) is 1. The second-order valence-electron chi connectivity index (χ2n) is 4.65. The summed E-state index contributed by atoms with van der Waals surface area (Å²) in [4.78, 5) is 20.4. The highest BCUT2D eigenvalue weighted by molar-refractivity contribution is 5.77. The van der Waals surface area contributed by atoms with Gasteiger partial charge in [-0.05, 0) is 25.8 Å². The fraction of sp³-hybridized carbons (Fsp3) is 0.583. The molecule has 2 rings (SSSR count). The highest BCUT2D eigenvalue weighted by Crippen LogP contribution is 2.33. The molecule has 1 unspecified atom stereocenters. The van der Waals surface area contributed by atoms with Crippen LogP contribution in [0.5, 0.6) is 0 Å². The number of aryl methyl sites for hydroxylation is 1. The van der Waals surface area contributed by atoms with E-state index in [1.807, 2.05) is 0 Å². The monoisotopic (exact) mass is 289 g/mol. The first kappa shape index (κ1) is 14.7. The molecule has 1 atom stereocenters. The number of hydrogen-bond acceptors (Lipinski definition) is 4. The van der Waals surface area contributed by atoms with E-state index in [4.69, 9.17) is 5.11 Å². The molecule has 0 saturated carbocycles. The Kier molecular flexibility index (Phi) is 3.94. The molecular formula is C12H14F3N3O2. The summed E-state index contributed by atoms with van der Waals surface area (Å²) < 4.78 is 38.2. The predicted octanol–water partition coefficient (Wildman–Crippen LogP) is 1.46. The third-order valence-electron chi connectivity index (χ3n) is 3.17. The number of aromatic nitrogens is 2. The number of rotatable bonds is 2. The highest BCUT2D eigenvalue weighted by Gasteiger charge is 2.36. The summed E-state index contributed by atoms with van der Waals surface area (Å²) in [6.45, 7) is 1.17. The Labute approximate surface area is 113 Å². The second kappa shape index (κ2) is 5.35. The Morgan fingerprint density at radius 3 is 2.80 bits per heavy atom. The molecule has 1 saturated heterocycles. The molecule has 5 nitrogen and oxygen atoms in total. The second-order valence-corrected chi connectivity index (χ2v) is 4.65. The minimum atomic E-state index is -4.55. The van der Waals surface area contributed by atoms with E-state index in [1.54, 1.807) is 0 Å². The lowest BCUT2D eigenvalue weighted by Crippen LogP contribution is -2.33. The normalized spacial score (nSPS) is 19.4. The van der Waals surface area contributed by atoms with Crippen LogP contribution in [0.1, 0.15) is 36.1 Å². The fourth-order valence-corrected chi connectivity index (χ4v) is 2.31. The van der Waals surface area contributed by atoms with Crippen LogP contribution in [0.15, 0.2) is 6.07 Å². The van der Waals surface area contributed by atoms with Crippen molar-refractivity contribution in [3.63, 3.8) is 0 Å². The topological polar surface area (TPSA) is 66.3 Å². The minimum absolute atomic E-state index is 0.0170. The molecule has 1 fully saturated rings. The van der Waals surface area contributed by atoms with E-state index in [-0.39, 0.29) is 11.5 Å². The first-order valence-corrected chi connectivity index (χ1v) is 6.16. The molecule has 0 aromatic carbocycles. The Hall–Kier alpha value is -1.70. The van der Waals surface area contributed by atoms with Crippen molar-refractivity contribution in [1.29, 1.82) is 0 Å².